The first kappa shape index (κ1) is 10.9. The molecule has 1 aliphatic carbocycles. The summed E-state index contributed by atoms with van der Waals surface area (Å²) in [6.07, 6.45) is 2.31. The molecule has 2 aromatic rings. The predicted octanol–water partition coefficient (Wildman–Crippen LogP) is 3.62. The third-order valence-electron chi connectivity index (χ3n) is 2.45. The van der Waals surface area contributed by atoms with Gasteiger partial charge in [0, 0.05) is 21.7 Å². The van der Waals surface area contributed by atoms with E-state index in [0.717, 1.165) is 18.4 Å². The Morgan fingerprint density at radius 2 is 1.88 bits per heavy atom. The SMILES string of the molecule is Clc1cc(Cl)cc(-c2noc(NC3CC3)n2)c1. The Morgan fingerprint density at radius 3 is 2.53 bits per heavy atom. The molecular formula is C11H9Cl2N3O. The first-order valence-electron chi connectivity index (χ1n) is 5.27. The molecule has 1 aromatic carbocycles. The highest BCUT2D eigenvalue weighted by Gasteiger charge is 2.23. The van der Waals surface area contributed by atoms with Gasteiger partial charge in [-0.1, -0.05) is 28.4 Å². The topological polar surface area (TPSA) is 51.0 Å². The molecule has 0 atom stereocenters. The van der Waals surface area contributed by atoms with Gasteiger partial charge >= 0.3 is 6.01 Å². The standard InChI is InChI=1S/C11H9Cl2N3O/c12-7-3-6(4-8(13)5-7)10-15-11(17-16-10)14-9-1-2-9/h3-5,9H,1-2H2,(H,14,15,16). The zero-order valence-electron chi connectivity index (χ0n) is 8.78. The van der Waals surface area contributed by atoms with Crippen LogP contribution in [0.3, 0.4) is 0 Å². The average Bonchev–Trinajstić information content (AvgIpc) is 2.93. The monoisotopic (exact) mass is 269 g/mol. The van der Waals surface area contributed by atoms with Gasteiger partial charge in [0.15, 0.2) is 0 Å². The van der Waals surface area contributed by atoms with Crippen molar-refractivity contribution in [2.24, 2.45) is 0 Å². The van der Waals surface area contributed by atoms with Crippen molar-refractivity contribution in [3.63, 3.8) is 0 Å². The summed E-state index contributed by atoms with van der Waals surface area (Å²) in [6.45, 7) is 0. The highest BCUT2D eigenvalue weighted by molar-refractivity contribution is 6.35. The summed E-state index contributed by atoms with van der Waals surface area (Å²) in [4.78, 5) is 4.24. The van der Waals surface area contributed by atoms with Crippen LogP contribution in [-0.4, -0.2) is 16.2 Å². The number of rotatable bonds is 3. The minimum atomic E-state index is 0.443. The quantitative estimate of drug-likeness (QED) is 0.925. The van der Waals surface area contributed by atoms with Crippen LogP contribution < -0.4 is 5.32 Å². The molecule has 1 N–H and O–H groups in total. The molecule has 1 aliphatic rings. The molecule has 1 fully saturated rings. The summed E-state index contributed by atoms with van der Waals surface area (Å²) >= 11 is 11.8. The van der Waals surface area contributed by atoms with Gasteiger partial charge in [-0.15, -0.1) is 0 Å². The number of nitrogens with zero attached hydrogens (tertiary/aromatic N) is 2. The Morgan fingerprint density at radius 1 is 1.18 bits per heavy atom. The van der Waals surface area contributed by atoms with E-state index in [1.54, 1.807) is 18.2 Å². The van der Waals surface area contributed by atoms with Crippen molar-refractivity contribution in [3.05, 3.63) is 28.2 Å². The first-order valence-corrected chi connectivity index (χ1v) is 6.03. The Hall–Kier alpha value is -1.26. The molecule has 3 rings (SSSR count). The maximum atomic E-state index is 5.91. The van der Waals surface area contributed by atoms with Crippen LogP contribution >= 0.6 is 23.2 Å². The lowest BCUT2D eigenvalue weighted by Crippen LogP contribution is -2.00. The van der Waals surface area contributed by atoms with E-state index in [0.29, 0.717) is 27.9 Å². The number of halogens is 2. The fourth-order valence-corrected chi connectivity index (χ4v) is 2.01. The number of aromatic nitrogens is 2. The molecule has 17 heavy (non-hydrogen) atoms. The molecule has 1 aromatic heterocycles. The van der Waals surface area contributed by atoms with Crippen molar-refractivity contribution >= 4 is 29.2 Å². The van der Waals surface area contributed by atoms with Crippen molar-refractivity contribution in [1.29, 1.82) is 0 Å². The second-order valence-corrected chi connectivity index (χ2v) is 4.87. The third kappa shape index (κ3) is 2.53. The van der Waals surface area contributed by atoms with E-state index in [4.69, 9.17) is 27.7 Å². The van der Waals surface area contributed by atoms with Gasteiger partial charge in [0.25, 0.3) is 0 Å². The normalized spacial score (nSPS) is 14.9. The molecule has 0 amide bonds. The molecule has 4 nitrogen and oxygen atoms in total. The van der Waals surface area contributed by atoms with E-state index in [2.05, 4.69) is 15.5 Å². The predicted molar refractivity (Wildman–Crippen MR) is 66.4 cm³/mol. The van der Waals surface area contributed by atoms with Crippen LogP contribution in [0.15, 0.2) is 22.7 Å². The maximum absolute atomic E-state index is 5.91. The molecule has 0 spiro atoms. The second kappa shape index (κ2) is 4.20. The van der Waals surface area contributed by atoms with Gasteiger partial charge in [-0.2, -0.15) is 4.98 Å². The van der Waals surface area contributed by atoms with E-state index in [-0.39, 0.29) is 0 Å². The van der Waals surface area contributed by atoms with Gasteiger partial charge in [0.05, 0.1) is 0 Å². The van der Waals surface area contributed by atoms with E-state index in [9.17, 15) is 0 Å². The fourth-order valence-electron chi connectivity index (χ4n) is 1.48. The van der Waals surface area contributed by atoms with Crippen LogP contribution in [0, 0.1) is 0 Å². The Kier molecular flexibility index (Phi) is 2.68. The van der Waals surface area contributed by atoms with Crippen molar-refractivity contribution in [3.8, 4) is 11.4 Å². The zero-order chi connectivity index (χ0) is 11.8. The van der Waals surface area contributed by atoms with Crippen molar-refractivity contribution in [1.82, 2.24) is 10.1 Å². The summed E-state index contributed by atoms with van der Waals surface area (Å²) in [6, 6.07) is 6.08. The van der Waals surface area contributed by atoms with E-state index < -0.39 is 0 Å². The van der Waals surface area contributed by atoms with Crippen LogP contribution in [0.1, 0.15) is 12.8 Å². The Balaban J connectivity index is 1.88. The zero-order valence-corrected chi connectivity index (χ0v) is 10.3. The van der Waals surface area contributed by atoms with Crippen LogP contribution in [0.4, 0.5) is 6.01 Å². The van der Waals surface area contributed by atoms with Gasteiger partial charge in [0.2, 0.25) is 5.82 Å². The van der Waals surface area contributed by atoms with Crippen molar-refractivity contribution in [2.45, 2.75) is 18.9 Å². The average molecular weight is 270 g/mol. The summed E-state index contributed by atoms with van der Waals surface area (Å²) in [7, 11) is 0. The fraction of sp³-hybridized carbons (Fsp3) is 0.273. The first-order chi connectivity index (χ1) is 8.20. The summed E-state index contributed by atoms with van der Waals surface area (Å²) < 4.78 is 5.09. The Labute approximate surface area is 108 Å². The number of hydrogen-bond acceptors (Lipinski definition) is 4. The van der Waals surface area contributed by atoms with Crippen LogP contribution in [0.5, 0.6) is 0 Å². The van der Waals surface area contributed by atoms with E-state index in [1.807, 2.05) is 0 Å². The van der Waals surface area contributed by atoms with Crippen molar-refractivity contribution < 1.29 is 4.52 Å². The lowest BCUT2D eigenvalue weighted by Gasteiger charge is -1.97. The van der Waals surface area contributed by atoms with E-state index >= 15 is 0 Å². The Bertz CT molecular complexity index is 531. The van der Waals surface area contributed by atoms with Crippen LogP contribution in [-0.2, 0) is 0 Å². The molecule has 0 unspecified atom stereocenters. The summed E-state index contributed by atoms with van der Waals surface area (Å²) in [5.74, 6) is 0.484. The van der Waals surface area contributed by atoms with Crippen molar-refractivity contribution in [2.75, 3.05) is 5.32 Å². The number of benzene rings is 1. The highest BCUT2D eigenvalue weighted by atomic mass is 35.5. The van der Waals surface area contributed by atoms with Crippen LogP contribution in [0.25, 0.3) is 11.4 Å². The molecule has 0 aliphatic heterocycles. The van der Waals surface area contributed by atoms with Gasteiger partial charge in [-0.25, -0.2) is 0 Å². The second-order valence-electron chi connectivity index (χ2n) is 4.00. The van der Waals surface area contributed by atoms with E-state index in [1.165, 1.54) is 0 Å². The lowest BCUT2D eigenvalue weighted by atomic mass is 10.2. The molecule has 1 heterocycles. The molecule has 1 saturated carbocycles. The molecule has 88 valence electrons. The third-order valence-corrected chi connectivity index (χ3v) is 2.89. The summed E-state index contributed by atoms with van der Waals surface area (Å²) in [5, 5.41) is 8.11. The molecule has 0 radical (unpaired) electrons. The number of anilines is 1. The number of hydrogen-bond donors (Lipinski definition) is 1. The highest BCUT2D eigenvalue weighted by Crippen LogP contribution is 2.28. The number of nitrogens with one attached hydrogen (secondary N) is 1. The van der Waals surface area contributed by atoms with Gasteiger partial charge in [-0.05, 0) is 31.0 Å². The van der Waals surface area contributed by atoms with Gasteiger partial charge in [-0.3, -0.25) is 0 Å². The maximum Gasteiger partial charge on any atom is 0.322 e. The van der Waals surface area contributed by atoms with Gasteiger partial charge < -0.3 is 9.84 Å². The summed E-state index contributed by atoms with van der Waals surface area (Å²) in [5.41, 5.74) is 0.745. The molecule has 0 saturated heterocycles. The van der Waals surface area contributed by atoms with Crippen LogP contribution in [0.2, 0.25) is 10.0 Å². The molecule has 6 heteroatoms. The molecule has 0 bridgehead atoms. The smallest absolute Gasteiger partial charge is 0.322 e. The van der Waals surface area contributed by atoms with Gasteiger partial charge in [0.1, 0.15) is 0 Å². The largest absolute Gasteiger partial charge is 0.335 e. The minimum Gasteiger partial charge on any atom is -0.335 e. The lowest BCUT2D eigenvalue weighted by molar-refractivity contribution is 0.432. The minimum absolute atomic E-state index is 0.443. The molecular weight excluding hydrogens is 261 g/mol.